The molecule has 0 saturated heterocycles. The van der Waals surface area contributed by atoms with Gasteiger partial charge in [-0.15, -0.1) is 0 Å². The monoisotopic (exact) mass is 299 g/mol. The molecular weight excluding hydrogens is 281 g/mol. The topological polar surface area (TPSA) is 43.1 Å². The molecule has 0 aliphatic rings. The summed E-state index contributed by atoms with van der Waals surface area (Å²) in [4.78, 5) is 17.8. The minimum atomic E-state index is -1.91. The van der Waals surface area contributed by atoms with Crippen molar-refractivity contribution in [1.29, 1.82) is 0 Å². The second-order valence-electron chi connectivity index (χ2n) is 4.59. The number of amides is 1. The second kappa shape index (κ2) is 4.34. The summed E-state index contributed by atoms with van der Waals surface area (Å²) >= 11 is -1.91. The predicted octanol–water partition coefficient (Wildman–Crippen LogP) is 1.26. The average molecular weight is 298 g/mol. The van der Waals surface area contributed by atoms with Crippen LogP contribution in [0.15, 0.2) is 24.3 Å². The Morgan fingerprint density at radius 2 is 1.71 bits per heavy atom. The Kier molecular flexibility index (Phi) is 3.58. The molecule has 0 aliphatic heterocycles. The number of nitrogens with two attached hydrogens (primary N) is 1. The quantitative estimate of drug-likeness (QED) is 0.839. The minimum absolute atomic E-state index is 0.267. The fourth-order valence-electron chi connectivity index (χ4n) is 1.32. The van der Waals surface area contributed by atoms with Gasteiger partial charge in [0.1, 0.15) is 0 Å². The van der Waals surface area contributed by atoms with Crippen molar-refractivity contribution in [2.45, 2.75) is 21.2 Å². The third kappa shape index (κ3) is 3.33. The van der Waals surface area contributed by atoms with Gasteiger partial charge < -0.3 is 0 Å². The predicted molar refractivity (Wildman–Crippen MR) is 62.3 cm³/mol. The van der Waals surface area contributed by atoms with Crippen molar-refractivity contribution in [3.63, 3.8) is 0 Å². The number of primary amides is 1. The molecule has 0 aliphatic carbocycles. The van der Waals surface area contributed by atoms with Gasteiger partial charge in [0.05, 0.1) is 0 Å². The molecule has 0 heterocycles. The van der Waals surface area contributed by atoms with Crippen LogP contribution in [0.5, 0.6) is 0 Å². The van der Waals surface area contributed by atoms with Gasteiger partial charge >= 0.3 is 89.5 Å². The molecule has 0 fully saturated rings. The number of hydrogen-bond acceptors (Lipinski definition) is 1. The van der Waals surface area contributed by atoms with Crippen LogP contribution in [0, 0.1) is 0 Å². The molecular formula is C11H17NOSn. The molecule has 0 unspecified atom stereocenters. The van der Waals surface area contributed by atoms with E-state index in [1.807, 2.05) is 12.1 Å². The van der Waals surface area contributed by atoms with Gasteiger partial charge in [-0.3, -0.25) is 0 Å². The van der Waals surface area contributed by atoms with E-state index in [0.717, 1.165) is 5.56 Å². The number of carbonyl (C=O) groups excluding carboxylic acids is 1. The first-order valence-electron chi connectivity index (χ1n) is 4.77. The summed E-state index contributed by atoms with van der Waals surface area (Å²) in [5, 5.41) is 0. The molecule has 0 atom stereocenters. The zero-order chi connectivity index (χ0) is 10.8. The second-order valence-corrected chi connectivity index (χ2v) is 19.1. The molecule has 1 aromatic rings. The normalized spacial score (nSPS) is 11.4. The van der Waals surface area contributed by atoms with Crippen molar-refractivity contribution in [3.8, 4) is 0 Å². The third-order valence-corrected chi connectivity index (χ3v) is 8.09. The summed E-state index contributed by atoms with van der Waals surface area (Å²) in [5.74, 6) is -0.267. The molecule has 0 bridgehead atoms. The molecule has 1 amide bonds. The Hall–Kier alpha value is -0.511. The zero-order valence-electron chi connectivity index (χ0n) is 9.00. The van der Waals surface area contributed by atoms with Gasteiger partial charge in [-0.2, -0.15) is 0 Å². The first kappa shape index (κ1) is 11.6. The molecule has 76 valence electrons. The van der Waals surface area contributed by atoms with E-state index >= 15 is 0 Å². The van der Waals surface area contributed by atoms with Crippen molar-refractivity contribution in [2.24, 2.45) is 5.73 Å². The van der Waals surface area contributed by atoms with Crippen LogP contribution in [0.3, 0.4) is 0 Å². The molecule has 0 aromatic heterocycles. The SMILES string of the molecule is [CH3][Sn]([CH3])([CH3])[c]1ccc(CC(N)=O)cc1. The number of hydrogen-bond donors (Lipinski definition) is 1. The van der Waals surface area contributed by atoms with E-state index in [1.165, 1.54) is 3.58 Å². The van der Waals surface area contributed by atoms with Crippen LogP contribution in [-0.2, 0) is 11.2 Å². The fraction of sp³-hybridized carbons (Fsp3) is 0.364. The van der Waals surface area contributed by atoms with E-state index in [9.17, 15) is 4.79 Å². The molecule has 1 rings (SSSR count). The Bertz CT molecular complexity index is 324. The van der Waals surface area contributed by atoms with Gasteiger partial charge in [0, 0.05) is 0 Å². The summed E-state index contributed by atoms with van der Waals surface area (Å²) in [5.41, 5.74) is 6.13. The Morgan fingerprint density at radius 3 is 2.07 bits per heavy atom. The first-order chi connectivity index (χ1) is 6.39. The van der Waals surface area contributed by atoms with Crippen LogP contribution >= 0.6 is 0 Å². The summed E-state index contributed by atoms with van der Waals surface area (Å²) in [6.07, 6.45) is 0.347. The van der Waals surface area contributed by atoms with E-state index in [1.54, 1.807) is 0 Å². The van der Waals surface area contributed by atoms with Gasteiger partial charge in [-0.25, -0.2) is 0 Å². The number of carbonyl (C=O) groups is 1. The van der Waals surface area contributed by atoms with E-state index in [4.69, 9.17) is 5.73 Å². The van der Waals surface area contributed by atoms with Crippen LogP contribution < -0.4 is 9.31 Å². The van der Waals surface area contributed by atoms with E-state index in [-0.39, 0.29) is 5.91 Å². The summed E-state index contributed by atoms with van der Waals surface area (Å²) in [7, 11) is 0. The molecule has 1 aromatic carbocycles. The van der Waals surface area contributed by atoms with Gasteiger partial charge in [-0.1, -0.05) is 0 Å². The van der Waals surface area contributed by atoms with Crippen LogP contribution in [0.1, 0.15) is 5.56 Å². The number of rotatable bonds is 3. The van der Waals surface area contributed by atoms with Crippen molar-refractivity contribution in [2.75, 3.05) is 0 Å². The standard InChI is InChI=1S/C8H8NO.3CH3.Sn/c9-8(10)6-7-4-2-1-3-5-7;;;;/h2-5H,6H2,(H2,9,10);3*1H3;. The first-order valence-corrected chi connectivity index (χ1v) is 14.8. The van der Waals surface area contributed by atoms with E-state index < -0.39 is 18.4 Å². The van der Waals surface area contributed by atoms with Gasteiger partial charge in [0.15, 0.2) is 0 Å². The number of benzene rings is 1. The molecule has 0 radical (unpaired) electrons. The van der Waals surface area contributed by atoms with Crippen molar-refractivity contribution in [1.82, 2.24) is 0 Å². The molecule has 2 nitrogen and oxygen atoms in total. The fourth-order valence-corrected chi connectivity index (χ4v) is 4.65. The molecule has 0 saturated carbocycles. The van der Waals surface area contributed by atoms with Crippen LogP contribution in [0.25, 0.3) is 0 Å². The zero-order valence-corrected chi connectivity index (χ0v) is 11.9. The Labute approximate surface area is 89.4 Å². The molecule has 2 N–H and O–H groups in total. The molecule has 14 heavy (non-hydrogen) atoms. The summed E-state index contributed by atoms with van der Waals surface area (Å²) in [6.45, 7) is 0. The van der Waals surface area contributed by atoms with Crippen molar-refractivity contribution >= 4 is 27.9 Å². The summed E-state index contributed by atoms with van der Waals surface area (Å²) in [6, 6.07) is 8.33. The maximum absolute atomic E-state index is 10.7. The summed E-state index contributed by atoms with van der Waals surface area (Å²) < 4.78 is 1.48. The van der Waals surface area contributed by atoms with Crippen LogP contribution in [0.2, 0.25) is 14.8 Å². The van der Waals surface area contributed by atoms with Gasteiger partial charge in [0.2, 0.25) is 0 Å². The van der Waals surface area contributed by atoms with E-state index in [0.29, 0.717) is 6.42 Å². The van der Waals surface area contributed by atoms with E-state index in [2.05, 4.69) is 27.0 Å². The van der Waals surface area contributed by atoms with Gasteiger partial charge in [0.25, 0.3) is 0 Å². The average Bonchev–Trinajstić information content (AvgIpc) is 2.02. The van der Waals surface area contributed by atoms with Crippen LogP contribution in [0.4, 0.5) is 0 Å². The maximum atomic E-state index is 10.7. The Balaban J connectivity index is 2.84. The van der Waals surface area contributed by atoms with Crippen molar-refractivity contribution < 1.29 is 4.79 Å². The molecule has 0 spiro atoms. The Morgan fingerprint density at radius 1 is 1.21 bits per heavy atom. The van der Waals surface area contributed by atoms with Crippen LogP contribution in [-0.4, -0.2) is 24.3 Å². The van der Waals surface area contributed by atoms with Crippen molar-refractivity contribution in [3.05, 3.63) is 29.8 Å². The molecule has 3 heteroatoms. The van der Waals surface area contributed by atoms with Gasteiger partial charge in [-0.05, 0) is 0 Å². The third-order valence-electron chi connectivity index (χ3n) is 2.20.